The molecule has 0 bridgehead atoms. The Balaban J connectivity index is 3.09. The van der Waals surface area contributed by atoms with E-state index in [-0.39, 0.29) is 6.61 Å². The molecule has 0 saturated heterocycles. The molecule has 4 nitrogen and oxygen atoms in total. The van der Waals surface area contributed by atoms with Gasteiger partial charge in [0, 0.05) is 0 Å². The molecule has 0 saturated carbocycles. The normalized spacial score (nSPS) is 10.4. The monoisotopic (exact) mass is 218 g/mol. The minimum absolute atomic E-state index is 0.314. The summed E-state index contributed by atoms with van der Waals surface area (Å²) in [6.45, 7) is -3.45. The largest absolute Gasteiger partial charge is 0.478 e. The van der Waals surface area contributed by atoms with Crippen molar-refractivity contribution in [1.82, 2.24) is 0 Å². The smallest absolute Gasteiger partial charge is 0.387 e. The Morgan fingerprint density at radius 1 is 1.47 bits per heavy atom. The Kier molecular flexibility index (Phi) is 3.56. The maximum Gasteiger partial charge on any atom is 0.387 e. The van der Waals surface area contributed by atoms with Crippen molar-refractivity contribution in [2.75, 3.05) is 0 Å². The zero-order valence-corrected chi connectivity index (χ0v) is 7.48. The van der Waals surface area contributed by atoms with Gasteiger partial charge in [0.15, 0.2) is 0 Å². The molecule has 0 aliphatic heterocycles. The third-order valence-corrected chi connectivity index (χ3v) is 1.67. The molecule has 0 radical (unpaired) electrons. The van der Waals surface area contributed by atoms with Crippen molar-refractivity contribution in [2.45, 2.75) is 13.2 Å². The Morgan fingerprint density at radius 3 is 2.60 bits per heavy atom. The second-order valence-corrected chi connectivity index (χ2v) is 2.67. The third kappa shape index (κ3) is 2.88. The third-order valence-electron chi connectivity index (χ3n) is 1.67. The molecule has 2 N–H and O–H groups in total. The van der Waals surface area contributed by atoms with Gasteiger partial charge in [-0.3, -0.25) is 0 Å². The Hall–Kier alpha value is -1.69. The molecule has 82 valence electrons. The van der Waals surface area contributed by atoms with Gasteiger partial charge in [0.2, 0.25) is 0 Å². The number of benzene rings is 1. The zero-order chi connectivity index (χ0) is 11.4. The SMILES string of the molecule is O=C(O)c1cc(CO)ccc1OC(F)F. The first-order valence-corrected chi connectivity index (χ1v) is 3.96. The quantitative estimate of drug-likeness (QED) is 0.803. The molecule has 0 aliphatic rings. The van der Waals surface area contributed by atoms with Crippen LogP contribution in [0.3, 0.4) is 0 Å². The van der Waals surface area contributed by atoms with Crippen LogP contribution in [0.5, 0.6) is 5.75 Å². The highest BCUT2D eigenvalue weighted by Gasteiger charge is 2.15. The summed E-state index contributed by atoms with van der Waals surface area (Å²) in [5, 5.41) is 17.4. The van der Waals surface area contributed by atoms with Crippen molar-refractivity contribution in [1.29, 1.82) is 0 Å². The van der Waals surface area contributed by atoms with Crippen LogP contribution in [0.4, 0.5) is 8.78 Å². The average molecular weight is 218 g/mol. The minimum atomic E-state index is -3.08. The average Bonchev–Trinajstić information content (AvgIpc) is 2.17. The van der Waals surface area contributed by atoms with Gasteiger partial charge in [-0.15, -0.1) is 0 Å². The number of carboxylic acid groups (broad SMARTS) is 1. The number of aromatic carboxylic acids is 1. The molecule has 15 heavy (non-hydrogen) atoms. The lowest BCUT2D eigenvalue weighted by molar-refractivity contribution is -0.0503. The van der Waals surface area contributed by atoms with E-state index in [1.54, 1.807) is 0 Å². The van der Waals surface area contributed by atoms with Crippen LogP contribution in [-0.2, 0) is 6.61 Å². The Morgan fingerprint density at radius 2 is 2.13 bits per heavy atom. The molecule has 0 aromatic heterocycles. The van der Waals surface area contributed by atoms with Crippen molar-refractivity contribution in [3.05, 3.63) is 29.3 Å². The highest BCUT2D eigenvalue weighted by Crippen LogP contribution is 2.22. The lowest BCUT2D eigenvalue weighted by Crippen LogP contribution is -2.08. The van der Waals surface area contributed by atoms with Crippen LogP contribution in [-0.4, -0.2) is 22.8 Å². The Labute approximate surface area is 83.7 Å². The van der Waals surface area contributed by atoms with E-state index in [4.69, 9.17) is 10.2 Å². The topological polar surface area (TPSA) is 66.8 Å². The van der Waals surface area contributed by atoms with E-state index in [0.29, 0.717) is 5.56 Å². The number of hydrogen-bond donors (Lipinski definition) is 2. The fourth-order valence-electron chi connectivity index (χ4n) is 1.04. The van der Waals surface area contributed by atoms with E-state index in [0.717, 1.165) is 12.1 Å². The van der Waals surface area contributed by atoms with Gasteiger partial charge in [-0.1, -0.05) is 6.07 Å². The summed E-state index contributed by atoms with van der Waals surface area (Å²) < 4.78 is 27.8. The first-order chi connectivity index (χ1) is 7.04. The molecular weight excluding hydrogens is 210 g/mol. The van der Waals surface area contributed by atoms with Crippen LogP contribution in [0.25, 0.3) is 0 Å². The molecule has 0 spiro atoms. The molecule has 1 aromatic rings. The lowest BCUT2D eigenvalue weighted by Gasteiger charge is -2.08. The van der Waals surface area contributed by atoms with Crippen molar-refractivity contribution in [3.8, 4) is 5.75 Å². The molecule has 1 rings (SSSR count). The van der Waals surface area contributed by atoms with Crippen LogP contribution in [0, 0.1) is 0 Å². The molecule has 0 fully saturated rings. The van der Waals surface area contributed by atoms with E-state index in [1.807, 2.05) is 0 Å². The fourth-order valence-corrected chi connectivity index (χ4v) is 1.04. The minimum Gasteiger partial charge on any atom is -0.478 e. The summed E-state index contributed by atoms with van der Waals surface area (Å²) in [4.78, 5) is 10.7. The second-order valence-electron chi connectivity index (χ2n) is 2.67. The molecular formula is C9H8F2O4. The number of ether oxygens (including phenoxy) is 1. The number of halogens is 2. The van der Waals surface area contributed by atoms with Crippen molar-refractivity contribution in [3.63, 3.8) is 0 Å². The number of carbonyl (C=O) groups is 1. The van der Waals surface area contributed by atoms with Gasteiger partial charge in [-0.2, -0.15) is 8.78 Å². The first kappa shape index (κ1) is 11.4. The van der Waals surface area contributed by atoms with Gasteiger partial charge in [0.1, 0.15) is 11.3 Å². The molecule has 0 unspecified atom stereocenters. The van der Waals surface area contributed by atoms with Gasteiger partial charge in [0.05, 0.1) is 6.61 Å². The van der Waals surface area contributed by atoms with Crippen molar-refractivity contribution < 1.29 is 28.5 Å². The number of carboxylic acids is 1. The van der Waals surface area contributed by atoms with Gasteiger partial charge >= 0.3 is 12.6 Å². The zero-order valence-electron chi connectivity index (χ0n) is 7.48. The van der Waals surface area contributed by atoms with Gasteiger partial charge in [-0.25, -0.2) is 4.79 Å². The van der Waals surface area contributed by atoms with Gasteiger partial charge < -0.3 is 14.9 Å². The summed E-state index contributed by atoms with van der Waals surface area (Å²) in [5.74, 6) is -1.81. The Bertz CT molecular complexity index is 365. The molecule has 0 aliphatic carbocycles. The second kappa shape index (κ2) is 4.70. The van der Waals surface area contributed by atoms with E-state index in [9.17, 15) is 13.6 Å². The maximum absolute atomic E-state index is 11.9. The summed E-state index contributed by atoms with van der Waals surface area (Å²) >= 11 is 0. The first-order valence-electron chi connectivity index (χ1n) is 3.96. The molecule has 1 aromatic carbocycles. The van der Waals surface area contributed by atoms with Crippen molar-refractivity contribution in [2.24, 2.45) is 0 Å². The van der Waals surface area contributed by atoms with E-state index in [1.165, 1.54) is 6.07 Å². The number of rotatable bonds is 4. The van der Waals surface area contributed by atoms with E-state index in [2.05, 4.69) is 4.74 Å². The number of alkyl halides is 2. The predicted molar refractivity (Wildman–Crippen MR) is 46.0 cm³/mol. The summed E-state index contributed by atoms with van der Waals surface area (Å²) in [6, 6.07) is 3.48. The van der Waals surface area contributed by atoms with Crippen LogP contribution < -0.4 is 4.74 Å². The number of aliphatic hydroxyl groups excluding tert-OH is 1. The molecule has 0 amide bonds. The van der Waals surface area contributed by atoms with E-state index < -0.39 is 23.9 Å². The number of hydrogen-bond acceptors (Lipinski definition) is 3. The van der Waals surface area contributed by atoms with Crippen LogP contribution >= 0.6 is 0 Å². The maximum atomic E-state index is 11.9. The number of aliphatic hydroxyl groups is 1. The summed E-state index contributed by atoms with van der Waals surface area (Å²) in [7, 11) is 0. The standard InChI is InChI=1S/C9H8F2O4/c10-9(11)15-7-2-1-5(4-12)3-6(7)8(13)14/h1-3,9,12H,4H2,(H,13,14). The van der Waals surface area contributed by atoms with Crippen LogP contribution in [0.15, 0.2) is 18.2 Å². The van der Waals surface area contributed by atoms with Crippen molar-refractivity contribution >= 4 is 5.97 Å². The molecule has 6 heteroatoms. The van der Waals surface area contributed by atoms with Crippen LogP contribution in [0.1, 0.15) is 15.9 Å². The van der Waals surface area contributed by atoms with Gasteiger partial charge in [0.25, 0.3) is 0 Å². The molecule has 0 heterocycles. The van der Waals surface area contributed by atoms with E-state index >= 15 is 0 Å². The predicted octanol–water partition coefficient (Wildman–Crippen LogP) is 1.48. The highest BCUT2D eigenvalue weighted by atomic mass is 19.3. The van der Waals surface area contributed by atoms with Gasteiger partial charge in [-0.05, 0) is 17.7 Å². The summed E-state index contributed by atoms with van der Waals surface area (Å²) in [5.41, 5.74) is -0.0872. The molecule has 0 atom stereocenters. The lowest BCUT2D eigenvalue weighted by atomic mass is 10.1. The highest BCUT2D eigenvalue weighted by molar-refractivity contribution is 5.91. The van der Waals surface area contributed by atoms with Crippen LogP contribution in [0.2, 0.25) is 0 Å². The summed E-state index contributed by atoms with van der Waals surface area (Å²) in [6.07, 6.45) is 0. The fraction of sp³-hybridized carbons (Fsp3) is 0.222.